The molecule has 0 amide bonds. The molecule has 0 spiro atoms. The van der Waals surface area contributed by atoms with Crippen LogP contribution in [-0.4, -0.2) is 22.6 Å². The van der Waals surface area contributed by atoms with Gasteiger partial charge in [0.15, 0.2) is 0 Å². The van der Waals surface area contributed by atoms with Crippen LogP contribution in [0.15, 0.2) is 24.3 Å². The molecule has 1 atom stereocenters. The molecular formula is C16H24N4. The van der Waals surface area contributed by atoms with Gasteiger partial charge in [0, 0.05) is 18.0 Å². The third kappa shape index (κ3) is 3.38. The molecule has 4 heteroatoms. The summed E-state index contributed by atoms with van der Waals surface area (Å²) in [6.45, 7) is 7.30. The number of nitrogens with one attached hydrogen (secondary N) is 2. The van der Waals surface area contributed by atoms with Gasteiger partial charge in [0.2, 0.25) is 5.95 Å². The molecule has 0 aliphatic heterocycles. The quantitative estimate of drug-likeness (QED) is 0.798. The van der Waals surface area contributed by atoms with E-state index >= 15 is 0 Å². The van der Waals surface area contributed by atoms with Crippen LogP contribution < -0.4 is 10.6 Å². The first-order chi connectivity index (χ1) is 9.78. The maximum atomic E-state index is 4.63. The van der Waals surface area contributed by atoms with Gasteiger partial charge in [-0.25, -0.2) is 4.98 Å². The molecule has 2 aromatic rings. The number of anilines is 2. The molecule has 0 aliphatic rings. The second-order valence-electron chi connectivity index (χ2n) is 4.98. The molecule has 4 nitrogen and oxygen atoms in total. The number of hydrogen-bond donors (Lipinski definition) is 2. The fourth-order valence-electron chi connectivity index (χ4n) is 2.34. The predicted octanol–water partition coefficient (Wildman–Crippen LogP) is 4.05. The summed E-state index contributed by atoms with van der Waals surface area (Å²) in [4.78, 5) is 9.17. The van der Waals surface area contributed by atoms with Crippen molar-refractivity contribution in [1.29, 1.82) is 0 Å². The summed E-state index contributed by atoms with van der Waals surface area (Å²) >= 11 is 0. The van der Waals surface area contributed by atoms with E-state index in [2.05, 4.69) is 47.4 Å². The van der Waals surface area contributed by atoms with E-state index in [4.69, 9.17) is 0 Å². The van der Waals surface area contributed by atoms with Crippen LogP contribution in [0.3, 0.4) is 0 Å². The van der Waals surface area contributed by atoms with Crippen molar-refractivity contribution in [3.63, 3.8) is 0 Å². The highest BCUT2D eigenvalue weighted by molar-refractivity contribution is 5.90. The van der Waals surface area contributed by atoms with Gasteiger partial charge in [0.05, 0.1) is 5.52 Å². The molecule has 0 bridgehead atoms. The molecule has 0 saturated heterocycles. The first-order valence-corrected chi connectivity index (χ1v) is 7.55. The highest BCUT2D eigenvalue weighted by atomic mass is 15.1. The summed E-state index contributed by atoms with van der Waals surface area (Å²) < 4.78 is 0. The third-order valence-electron chi connectivity index (χ3n) is 3.41. The van der Waals surface area contributed by atoms with Crippen LogP contribution in [0.25, 0.3) is 10.9 Å². The zero-order valence-electron chi connectivity index (χ0n) is 12.6. The molecular weight excluding hydrogens is 248 g/mol. The smallest absolute Gasteiger partial charge is 0.225 e. The summed E-state index contributed by atoms with van der Waals surface area (Å²) in [5.74, 6) is 1.63. The first kappa shape index (κ1) is 14.6. The van der Waals surface area contributed by atoms with Gasteiger partial charge in [0.25, 0.3) is 0 Å². The minimum Gasteiger partial charge on any atom is -0.367 e. The normalized spacial score (nSPS) is 12.3. The molecule has 0 radical (unpaired) electrons. The zero-order chi connectivity index (χ0) is 14.4. The summed E-state index contributed by atoms with van der Waals surface area (Å²) in [7, 11) is 0. The summed E-state index contributed by atoms with van der Waals surface area (Å²) in [6.07, 6.45) is 3.43. The van der Waals surface area contributed by atoms with Gasteiger partial charge in [-0.15, -0.1) is 0 Å². The van der Waals surface area contributed by atoms with Crippen molar-refractivity contribution in [3.8, 4) is 0 Å². The molecule has 0 aliphatic carbocycles. The Bertz CT molecular complexity index is 553. The van der Waals surface area contributed by atoms with Crippen LogP contribution in [0.2, 0.25) is 0 Å². The monoisotopic (exact) mass is 272 g/mol. The second-order valence-corrected chi connectivity index (χ2v) is 4.98. The molecule has 20 heavy (non-hydrogen) atoms. The van der Waals surface area contributed by atoms with E-state index in [9.17, 15) is 0 Å². The topological polar surface area (TPSA) is 49.8 Å². The molecule has 0 saturated carbocycles. The van der Waals surface area contributed by atoms with Crippen molar-refractivity contribution in [3.05, 3.63) is 24.3 Å². The SMILES string of the molecule is CCCC(CC)Nc1nc(NCC)nc2ccccc12. The largest absolute Gasteiger partial charge is 0.367 e. The van der Waals surface area contributed by atoms with Crippen LogP contribution in [0.5, 0.6) is 0 Å². The summed E-state index contributed by atoms with van der Waals surface area (Å²) in [6, 6.07) is 8.62. The molecule has 0 fully saturated rings. The number of rotatable bonds is 7. The summed E-state index contributed by atoms with van der Waals surface area (Å²) in [5.41, 5.74) is 0.979. The van der Waals surface area contributed by atoms with Gasteiger partial charge in [-0.05, 0) is 31.9 Å². The Balaban J connectivity index is 2.38. The molecule has 2 rings (SSSR count). The van der Waals surface area contributed by atoms with Crippen LogP contribution >= 0.6 is 0 Å². The van der Waals surface area contributed by atoms with Gasteiger partial charge in [-0.1, -0.05) is 32.4 Å². The van der Waals surface area contributed by atoms with Crippen molar-refractivity contribution >= 4 is 22.7 Å². The lowest BCUT2D eigenvalue weighted by Gasteiger charge is -2.18. The average Bonchev–Trinajstić information content (AvgIpc) is 2.47. The zero-order valence-corrected chi connectivity index (χ0v) is 12.6. The van der Waals surface area contributed by atoms with Crippen LogP contribution in [0.1, 0.15) is 40.0 Å². The molecule has 1 unspecified atom stereocenters. The Hall–Kier alpha value is -1.84. The standard InChI is InChI=1S/C16H24N4/c1-4-9-12(5-2)18-15-13-10-7-8-11-14(13)19-16(20-15)17-6-3/h7-8,10-12H,4-6,9H2,1-3H3,(H2,17,18,19,20). The van der Waals surface area contributed by atoms with Crippen molar-refractivity contribution in [2.24, 2.45) is 0 Å². The molecule has 108 valence electrons. The molecule has 1 aromatic carbocycles. The van der Waals surface area contributed by atoms with Crippen molar-refractivity contribution in [1.82, 2.24) is 9.97 Å². The van der Waals surface area contributed by atoms with E-state index in [1.165, 1.54) is 6.42 Å². The number of fused-ring (bicyclic) bond motifs is 1. The van der Waals surface area contributed by atoms with Gasteiger partial charge < -0.3 is 10.6 Å². The van der Waals surface area contributed by atoms with Crippen molar-refractivity contribution < 1.29 is 0 Å². The van der Waals surface area contributed by atoms with Crippen molar-refractivity contribution in [2.75, 3.05) is 17.2 Å². The lowest BCUT2D eigenvalue weighted by molar-refractivity contribution is 0.621. The fraction of sp³-hybridized carbons (Fsp3) is 0.500. The molecule has 2 N–H and O–H groups in total. The maximum absolute atomic E-state index is 4.63. The number of hydrogen-bond acceptors (Lipinski definition) is 4. The molecule has 1 aromatic heterocycles. The van der Waals surface area contributed by atoms with E-state index in [0.29, 0.717) is 12.0 Å². The van der Waals surface area contributed by atoms with Gasteiger partial charge >= 0.3 is 0 Å². The highest BCUT2D eigenvalue weighted by Gasteiger charge is 2.11. The van der Waals surface area contributed by atoms with Crippen LogP contribution in [0.4, 0.5) is 11.8 Å². The molecule has 1 heterocycles. The van der Waals surface area contributed by atoms with E-state index in [-0.39, 0.29) is 0 Å². The minimum absolute atomic E-state index is 0.466. The van der Waals surface area contributed by atoms with E-state index < -0.39 is 0 Å². The Labute approximate surface area is 121 Å². The number of nitrogens with zero attached hydrogens (tertiary/aromatic N) is 2. The highest BCUT2D eigenvalue weighted by Crippen LogP contribution is 2.23. The number of aromatic nitrogens is 2. The van der Waals surface area contributed by atoms with Gasteiger partial charge in [-0.3, -0.25) is 0 Å². The number of para-hydroxylation sites is 1. The Morgan fingerprint density at radius 1 is 1.10 bits per heavy atom. The van der Waals surface area contributed by atoms with E-state index in [1.807, 2.05) is 18.2 Å². The first-order valence-electron chi connectivity index (χ1n) is 7.55. The maximum Gasteiger partial charge on any atom is 0.225 e. The van der Waals surface area contributed by atoms with E-state index in [1.54, 1.807) is 0 Å². The van der Waals surface area contributed by atoms with Gasteiger partial charge in [-0.2, -0.15) is 4.98 Å². The van der Waals surface area contributed by atoms with Crippen LogP contribution in [0, 0.1) is 0 Å². The lowest BCUT2D eigenvalue weighted by atomic mass is 10.1. The Kier molecular flexibility index (Phi) is 5.16. The van der Waals surface area contributed by atoms with Crippen molar-refractivity contribution in [2.45, 2.75) is 46.1 Å². The summed E-state index contributed by atoms with van der Waals surface area (Å²) in [5, 5.41) is 7.87. The Morgan fingerprint density at radius 3 is 2.60 bits per heavy atom. The predicted molar refractivity (Wildman–Crippen MR) is 86.3 cm³/mol. The number of benzene rings is 1. The second kappa shape index (κ2) is 7.08. The van der Waals surface area contributed by atoms with Gasteiger partial charge in [0.1, 0.15) is 5.82 Å². The van der Waals surface area contributed by atoms with E-state index in [0.717, 1.165) is 36.1 Å². The minimum atomic E-state index is 0.466. The van der Waals surface area contributed by atoms with Crippen LogP contribution in [-0.2, 0) is 0 Å². The Morgan fingerprint density at radius 2 is 1.90 bits per heavy atom. The fourth-order valence-corrected chi connectivity index (χ4v) is 2.34. The third-order valence-corrected chi connectivity index (χ3v) is 3.41. The average molecular weight is 272 g/mol. The lowest BCUT2D eigenvalue weighted by Crippen LogP contribution is -2.19.